The molecule has 0 radical (unpaired) electrons. The molecule has 24 heavy (non-hydrogen) atoms. The highest BCUT2D eigenvalue weighted by Gasteiger charge is 2.26. The van der Waals surface area contributed by atoms with Crippen molar-refractivity contribution in [3.05, 3.63) is 58.1 Å². The molecule has 0 aliphatic carbocycles. The molecule has 2 heterocycles. The van der Waals surface area contributed by atoms with Crippen LogP contribution < -0.4 is 10.5 Å². The van der Waals surface area contributed by atoms with Crippen LogP contribution >= 0.6 is 0 Å². The maximum atomic E-state index is 12.5. The van der Waals surface area contributed by atoms with Crippen LogP contribution in [0.5, 0.6) is 0 Å². The van der Waals surface area contributed by atoms with Crippen LogP contribution in [0.4, 0.5) is 5.82 Å². The average Bonchev–Trinajstić information content (AvgIpc) is 2.57. The number of nitrogens with zero attached hydrogens (tertiary/aromatic N) is 3. The van der Waals surface area contributed by atoms with E-state index in [0.29, 0.717) is 31.1 Å². The van der Waals surface area contributed by atoms with E-state index < -0.39 is 0 Å². The number of Topliss-reactive ketones (excluding diaryl/α,β-unsaturated/α-hetero) is 1. The van der Waals surface area contributed by atoms with Crippen LogP contribution in [-0.2, 0) is 18.3 Å². The standard InChI is InChI=1S/C19H23N3O2/c1-14-4-3-5-15(12-14)13-17(23)16-6-9-22(10-7-16)18-19(24)21(2)11-8-20-18/h3-5,8,11-12,16H,6-7,9-10,13H2,1-2H3. The van der Waals surface area contributed by atoms with Crippen molar-refractivity contribution in [2.45, 2.75) is 26.2 Å². The van der Waals surface area contributed by atoms with Crippen LogP contribution in [0.2, 0.25) is 0 Å². The lowest BCUT2D eigenvalue weighted by atomic mass is 9.89. The summed E-state index contributed by atoms with van der Waals surface area (Å²) in [6, 6.07) is 8.12. The van der Waals surface area contributed by atoms with E-state index in [0.717, 1.165) is 18.4 Å². The highest BCUT2D eigenvalue weighted by molar-refractivity contribution is 5.83. The summed E-state index contributed by atoms with van der Waals surface area (Å²) in [5.74, 6) is 0.869. The van der Waals surface area contributed by atoms with Crippen molar-refractivity contribution >= 4 is 11.6 Å². The Morgan fingerprint density at radius 3 is 2.75 bits per heavy atom. The third-order valence-corrected chi connectivity index (χ3v) is 4.71. The maximum Gasteiger partial charge on any atom is 0.293 e. The van der Waals surface area contributed by atoms with E-state index in [1.807, 2.05) is 30.0 Å². The Morgan fingerprint density at radius 2 is 2.04 bits per heavy atom. The Kier molecular flexibility index (Phi) is 4.79. The molecule has 0 atom stereocenters. The van der Waals surface area contributed by atoms with Crippen molar-refractivity contribution in [2.24, 2.45) is 13.0 Å². The molecule has 1 aromatic heterocycles. The monoisotopic (exact) mass is 325 g/mol. The van der Waals surface area contributed by atoms with Gasteiger partial charge in [-0.25, -0.2) is 4.98 Å². The number of aromatic nitrogens is 2. The van der Waals surface area contributed by atoms with E-state index in [2.05, 4.69) is 11.1 Å². The fourth-order valence-corrected chi connectivity index (χ4v) is 3.28. The van der Waals surface area contributed by atoms with Crippen molar-refractivity contribution in [1.82, 2.24) is 9.55 Å². The van der Waals surface area contributed by atoms with Crippen molar-refractivity contribution in [3.63, 3.8) is 0 Å². The Labute approximate surface area is 141 Å². The maximum absolute atomic E-state index is 12.5. The first kappa shape index (κ1) is 16.4. The number of carbonyl (C=O) groups excluding carboxylic acids is 1. The van der Waals surface area contributed by atoms with Crippen LogP contribution in [0.25, 0.3) is 0 Å². The molecule has 1 aromatic carbocycles. The second-order valence-corrected chi connectivity index (χ2v) is 6.56. The zero-order valence-corrected chi connectivity index (χ0v) is 14.2. The molecule has 0 bridgehead atoms. The Morgan fingerprint density at radius 1 is 1.29 bits per heavy atom. The lowest BCUT2D eigenvalue weighted by Gasteiger charge is -2.31. The number of hydrogen-bond acceptors (Lipinski definition) is 4. The predicted octanol–water partition coefficient (Wildman–Crippen LogP) is 2.12. The van der Waals surface area contributed by atoms with E-state index in [1.165, 1.54) is 10.1 Å². The van der Waals surface area contributed by atoms with Gasteiger partial charge < -0.3 is 9.47 Å². The zero-order chi connectivity index (χ0) is 17.1. The number of carbonyl (C=O) groups is 1. The summed E-state index contributed by atoms with van der Waals surface area (Å²) in [5.41, 5.74) is 2.18. The van der Waals surface area contributed by atoms with Gasteiger partial charge >= 0.3 is 0 Å². The minimum atomic E-state index is -0.0814. The highest BCUT2D eigenvalue weighted by Crippen LogP contribution is 2.22. The Hall–Kier alpha value is -2.43. The summed E-state index contributed by atoms with van der Waals surface area (Å²) < 4.78 is 1.54. The molecule has 1 aliphatic rings. The van der Waals surface area contributed by atoms with Gasteiger partial charge in [0.15, 0.2) is 5.82 Å². The highest BCUT2D eigenvalue weighted by atomic mass is 16.1. The molecule has 2 aromatic rings. The number of anilines is 1. The predicted molar refractivity (Wildman–Crippen MR) is 94.3 cm³/mol. The van der Waals surface area contributed by atoms with Crippen LogP contribution in [0.1, 0.15) is 24.0 Å². The van der Waals surface area contributed by atoms with Gasteiger partial charge in [0.25, 0.3) is 5.56 Å². The van der Waals surface area contributed by atoms with E-state index >= 15 is 0 Å². The van der Waals surface area contributed by atoms with E-state index in [9.17, 15) is 9.59 Å². The van der Waals surface area contributed by atoms with Gasteiger partial charge in [-0.1, -0.05) is 29.8 Å². The topological polar surface area (TPSA) is 55.2 Å². The summed E-state index contributed by atoms with van der Waals surface area (Å²) in [4.78, 5) is 30.9. The van der Waals surface area contributed by atoms with E-state index in [-0.39, 0.29) is 11.5 Å². The molecule has 126 valence electrons. The SMILES string of the molecule is Cc1cccc(CC(=O)C2CCN(c3nccn(C)c3=O)CC2)c1. The average molecular weight is 325 g/mol. The smallest absolute Gasteiger partial charge is 0.293 e. The number of aryl methyl sites for hydroxylation is 2. The van der Waals surface area contributed by atoms with Crippen molar-refractivity contribution in [2.75, 3.05) is 18.0 Å². The van der Waals surface area contributed by atoms with Crippen LogP contribution in [0.15, 0.2) is 41.5 Å². The number of hydrogen-bond donors (Lipinski definition) is 0. The molecule has 5 heteroatoms. The van der Waals surface area contributed by atoms with E-state index in [1.54, 1.807) is 19.4 Å². The molecule has 0 amide bonds. The number of benzene rings is 1. The van der Waals surface area contributed by atoms with Crippen molar-refractivity contribution < 1.29 is 4.79 Å². The number of piperidine rings is 1. The third kappa shape index (κ3) is 3.55. The van der Waals surface area contributed by atoms with Gasteiger partial charge in [-0.15, -0.1) is 0 Å². The zero-order valence-electron chi connectivity index (χ0n) is 14.2. The summed E-state index contributed by atoms with van der Waals surface area (Å²) in [6.45, 7) is 3.45. The fourth-order valence-electron chi connectivity index (χ4n) is 3.28. The van der Waals surface area contributed by atoms with Gasteiger partial charge in [0.2, 0.25) is 0 Å². The second-order valence-electron chi connectivity index (χ2n) is 6.56. The minimum absolute atomic E-state index is 0.0781. The molecular formula is C19H23N3O2. The largest absolute Gasteiger partial charge is 0.352 e. The molecule has 5 nitrogen and oxygen atoms in total. The van der Waals surface area contributed by atoms with Gasteiger partial charge in [-0.05, 0) is 25.3 Å². The quantitative estimate of drug-likeness (QED) is 0.864. The van der Waals surface area contributed by atoms with Gasteiger partial charge in [0.1, 0.15) is 5.78 Å². The molecule has 0 saturated carbocycles. The first-order valence-electron chi connectivity index (χ1n) is 8.39. The van der Waals surface area contributed by atoms with Crippen molar-refractivity contribution in [3.8, 4) is 0 Å². The molecule has 1 aliphatic heterocycles. The molecular weight excluding hydrogens is 302 g/mol. The lowest BCUT2D eigenvalue weighted by Crippen LogP contribution is -2.40. The Balaban J connectivity index is 1.61. The number of rotatable bonds is 4. The number of ketones is 1. The normalized spacial score (nSPS) is 15.5. The van der Waals surface area contributed by atoms with Gasteiger partial charge in [-0.3, -0.25) is 9.59 Å². The molecule has 0 spiro atoms. The second kappa shape index (κ2) is 6.99. The van der Waals surface area contributed by atoms with Gasteiger partial charge in [-0.2, -0.15) is 0 Å². The van der Waals surface area contributed by atoms with Gasteiger partial charge in [0.05, 0.1) is 0 Å². The molecule has 0 N–H and O–H groups in total. The summed E-state index contributed by atoms with van der Waals surface area (Å²) in [6.07, 6.45) is 5.36. The first-order valence-corrected chi connectivity index (χ1v) is 8.39. The summed E-state index contributed by atoms with van der Waals surface area (Å²) in [5, 5.41) is 0. The molecule has 0 unspecified atom stereocenters. The molecule has 3 rings (SSSR count). The third-order valence-electron chi connectivity index (χ3n) is 4.71. The van der Waals surface area contributed by atoms with Gasteiger partial charge in [0, 0.05) is 44.9 Å². The van der Waals surface area contributed by atoms with Crippen LogP contribution in [-0.4, -0.2) is 28.4 Å². The molecule has 1 saturated heterocycles. The summed E-state index contributed by atoms with van der Waals surface area (Å²) >= 11 is 0. The summed E-state index contributed by atoms with van der Waals surface area (Å²) in [7, 11) is 1.73. The molecule has 1 fully saturated rings. The van der Waals surface area contributed by atoms with E-state index in [4.69, 9.17) is 0 Å². The minimum Gasteiger partial charge on any atom is -0.352 e. The lowest BCUT2D eigenvalue weighted by molar-refractivity contribution is -0.122. The fraction of sp³-hybridized carbons (Fsp3) is 0.421. The van der Waals surface area contributed by atoms with Crippen LogP contribution in [0, 0.1) is 12.8 Å². The van der Waals surface area contributed by atoms with Crippen LogP contribution in [0.3, 0.4) is 0 Å². The first-order chi connectivity index (χ1) is 11.5. The Bertz CT molecular complexity index is 789. The van der Waals surface area contributed by atoms with Crippen molar-refractivity contribution in [1.29, 1.82) is 0 Å².